The van der Waals surface area contributed by atoms with Gasteiger partial charge in [0.25, 0.3) is 0 Å². The Morgan fingerprint density at radius 3 is 1.77 bits per heavy atom. The highest BCUT2D eigenvalue weighted by atomic mass is 16.4. The SMILES string of the molecule is C[C@H](NC(=O)[C@H](C)NC(=O)[C@H](Cc1ccc(O)cc1)NC(=O)O)C(=O)NCC(=O)N[C@@H](CN)C(=O)N[C@@H](Cc1ccccc1)C(N)=O. The number of hydrogen-bond donors (Lipinski definition) is 10. The molecule has 2 rings (SSSR count). The van der Waals surface area contributed by atoms with E-state index in [4.69, 9.17) is 16.6 Å². The van der Waals surface area contributed by atoms with Crippen molar-refractivity contribution in [2.24, 2.45) is 11.5 Å². The Morgan fingerprint density at radius 2 is 1.19 bits per heavy atom. The van der Waals surface area contributed by atoms with Crippen LogP contribution in [0.4, 0.5) is 4.79 Å². The minimum atomic E-state index is -1.47. The lowest BCUT2D eigenvalue weighted by Gasteiger charge is -2.22. The molecule has 0 unspecified atom stereocenters. The molecular formula is C30H40N8O9. The van der Waals surface area contributed by atoms with Crippen LogP contribution in [0.1, 0.15) is 25.0 Å². The maximum absolute atomic E-state index is 12.7. The number of carbonyl (C=O) groups is 7. The topological polar surface area (TPSA) is 284 Å². The van der Waals surface area contributed by atoms with Gasteiger partial charge in [-0.1, -0.05) is 42.5 Å². The van der Waals surface area contributed by atoms with Crippen LogP contribution in [0.3, 0.4) is 0 Å². The molecule has 0 spiro atoms. The van der Waals surface area contributed by atoms with Crippen molar-refractivity contribution in [1.29, 1.82) is 0 Å². The summed E-state index contributed by atoms with van der Waals surface area (Å²) in [6, 6.07) is 8.66. The molecule has 0 aromatic heterocycles. The molecule has 0 heterocycles. The second-order valence-electron chi connectivity index (χ2n) is 10.6. The summed E-state index contributed by atoms with van der Waals surface area (Å²) in [5.41, 5.74) is 12.3. The Labute approximate surface area is 270 Å². The van der Waals surface area contributed by atoms with Crippen molar-refractivity contribution in [1.82, 2.24) is 31.9 Å². The van der Waals surface area contributed by atoms with Gasteiger partial charge in [-0.15, -0.1) is 0 Å². The molecule has 2 aromatic rings. The Bertz CT molecular complexity index is 1420. The smallest absolute Gasteiger partial charge is 0.405 e. The van der Waals surface area contributed by atoms with Crippen molar-refractivity contribution in [3.8, 4) is 5.75 Å². The van der Waals surface area contributed by atoms with Crippen LogP contribution in [-0.2, 0) is 41.6 Å². The number of rotatable bonds is 17. The maximum atomic E-state index is 12.7. The number of phenolic OH excluding ortho intramolecular Hbond substituents is 1. The third kappa shape index (κ3) is 13.0. The third-order valence-electron chi connectivity index (χ3n) is 6.75. The number of primary amides is 1. The molecule has 0 saturated heterocycles. The zero-order chi connectivity index (χ0) is 35.1. The predicted octanol–water partition coefficient (Wildman–Crippen LogP) is -2.65. The average Bonchev–Trinajstić information content (AvgIpc) is 3.02. The minimum Gasteiger partial charge on any atom is -0.508 e. The van der Waals surface area contributed by atoms with Gasteiger partial charge >= 0.3 is 6.09 Å². The first-order valence-electron chi connectivity index (χ1n) is 14.5. The van der Waals surface area contributed by atoms with Gasteiger partial charge in [0.2, 0.25) is 35.4 Å². The van der Waals surface area contributed by atoms with E-state index < -0.39 is 78.3 Å². The van der Waals surface area contributed by atoms with Crippen molar-refractivity contribution in [2.45, 2.75) is 56.9 Å². The second kappa shape index (κ2) is 18.3. The Kier molecular flexibility index (Phi) is 14.6. The Hall–Kier alpha value is -5.71. The highest BCUT2D eigenvalue weighted by molar-refractivity contribution is 5.95. The summed E-state index contributed by atoms with van der Waals surface area (Å²) in [5.74, 6) is -4.69. The molecule has 17 nitrogen and oxygen atoms in total. The van der Waals surface area contributed by atoms with Crippen LogP contribution in [0, 0.1) is 0 Å². The van der Waals surface area contributed by atoms with Crippen molar-refractivity contribution in [3.05, 3.63) is 65.7 Å². The summed E-state index contributed by atoms with van der Waals surface area (Å²) in [6.07, 6.45) is -1.42. The fraction of sp³-hybridized carbons (Fsp3) is 0.367. The van der Waals surface area contributed by atoms with E-state index in [-0.39, 0.29) is 25.1 Å². The quantitative estimate of drug-likeness (QED) is 0.0844. The van der Waals surface area contributed by atoms with Crippen LogP contribution in [-0.4, -0.2) is 95.0 Å². The zero-order valence-electron chi connectivity index (χ0n) is 25.8. The normalized spacial score (nSPS) is 13.8. The number of amides is 7. The van der Waals surface area contributed by atoms with Gasteiger partial charge in [0.1, 0.15) is 36.0 Å². The van der Waals surface area contributed by atoms with E-state index in [0.717, 1.165) is 5.56 Å². The molecule has 0 aliphatic heterocycles. The fourth-order valence-corrected chi connectivity index (χ4v) is 4.15. The number of aromatic hydroxyl groups is 1. The van der Waals surface area contributed by atoms with Crippen LogP contribution in [0.2, 0.25) is 0 Å². The monoisotopic (exact) mass is 656 g/mol. The van der Waals surface area contributed by atoms with E-state index >= 15 is 0 Å². The molecule has 0 radical (unpaired) electrons. The van der Waals surface area contributed by atoms with Gasteiger partial charge in [-0.2, -0.15) is 0 Å². The molecule has 0 aliphatic carbocycles. The van der Waals surface area contributed by atoms with Gasteiger partial charge in [-0.3, -0.25) is 28.8 Å². The third-order valence-corrected chi connectivity index (χ3v) is 6.75. The lowest BCUT2D eigenvalue weighted by molar-refractivity contribution is -0.133. The summed E-state index contributed by atoms with van der Waals surface area (Å²) < 4.78 is 0. The van der Waals surface area contributed by atoms with Crippen molar-refractivity contribution < 1.29 is 43.8 Å². The summed E-state index contributed by atoms with van der Waals surface area (Å²) >= 11 is 0. The first kappa shape index (κ1) is 37.5. The van der Waals surface area contributed by atoms with Gasteiger partial charge in [-0.25, -0.2) is 4.79 Å². The van der Waals surface area contributed by atoms with Crippen molar-refractivity contribution in [3.63, 3.8) is 0 Å². The number of hydrogen-bond acceptors (Lipinski definition) is 9. The van der Waals surface area contributed by atoms with Crippen LogP contribution in [0.15, 0.2) is 54.6 Å². The van der Waals surface area contributed by atoms with Crippen LogP contribution < -0.4 is 43.4 Å². The first-order valence-corrected chi connectivity index (χ1v) is 14.5. The lowest BCUT2D eigenvalue weighted by atomic mass is 10.0. The van der Waals surface area contributed by atoms with Gasteiger partial charge in [0, 0.05) is 19.4 Å². The fourth-order valence-electron chi connectivity index (χ4n) is 4.15. The highest BCUT2D eigenvalue weighted by Crippen LogP contribution is 2.12. The molecule has 254 valence electrons. The van der Waals surface area contributed by atoms with Gasteiger partial charge in [-0.05, 0) is 37.1 Å². The summed E-state index contributed by atoms with van der Waals surface area (Å²) in [6.45, 7) is 1.74. The van der Waals surface area contributed by atoms with E-state index in [1.807, 2.05) is 0 Å². The Morgan fingerprint density at radius 1 is 0.660 bits per heavy atom. The number of carbonyl (C=O) groups excluding carboxylic acids is 6. The Balaban J connectivity index is 1.85. The molecule has 17 heteroatoms. The summed E-state index contributed by atoms with van der Waals surface area (Å²) in [5, 5.41) is 32.5. The van der Waals surface area contributed by atoms with Crippen molar-refractivity contribution in [2.75, 3.05) is 13.1 Å². The lowest BCUT2D eigenvalue weighted by Crippen LogP contribution is -2.58. The predicted molar refractivity (Wildman–Crippen MR) is 167 cm³/mol. The van der Waals surface area contributed by atoms with Crippen molar-refractivity contribution >= 4 is 41.5 Å². The zero-order valence-corrected chi connectivity index (χ0v) is 25.8. The van der Waals surface area contributed by atoms with Crippen LogP contribution in [0.5, 0.6) is 5.75 Å². The molecule has 12 N–H and O–H groups in total. The number of phenols is 1. The van der Waals surface area contributed by atoms with E-state index in [0.29, 0.717) is 5.56 Å². The number of carboxylic acid groups (broad SMARTS) is 1. The molecule has 5 atom stereocenters. The van der Waals surface area contributed by atoms with E-state index in [2.05, 4.69) is 31.9 Å². The molecule has 0 saturated carbocycles. The summed E-state index contributed by atoms with van der Waals surface area (Å²) in [7, 11) is 0. The second-order valence-corrected chi connectivity index (χ2v) is 10.6. The van der Waals surface area contributed by atoms with Gasteiger partial charge in [0.15, 0.2) is 0 Å². The summed E-state index contributed by atoms with van der Waals surface area (Å²) in [4.78, 5) is 86.2. The van der Waals surface area contributed by atoms with Gasteiger partial charge < -0.3 is 53.6 Å². The molecule has 0 aliphatic rings. The molecule has 2 aromatic carbocycles. The standard InChI is InChI=1S/C30H40N8O9/c1-16(34-27(43)17(2)35-28(44)22(38-30(46)47)13-19-8-10-20(39)11-9-19)26(42)33-15-24(40)36-23(14-31)29(45)37-21(25(32)41)12-18-6-4-3-5-7-18/h3-11,16-17,21-23,38-39H,12-15,31H2,1-2H3,(H2,32,41)(H,33,42)(H,34,43)(H,35,44)(H,36,40)(H,37,45)(H,46,47)/t16-,17-,21-,22-,23-/m0/s1. The van der Waals surface area contributed by atoms with E-state index in [1.165, 1.54) is 38.1 Å². The molecule has 0 fully saturated rings. The molecular weight excluding hydrogens is 616 g/mol. The largest absolute Gasteiger partial charge is 0.508 e. The minimum absolute atomic E-state index is 0.0120. The van der Waals surface area contributed by atoms with Gasteiger partial charge in [0.05, 0.1) is 6.54 Å². The first-order chi connectivity index (χ1) is 22.2. The number of nitrogens with two attached hydrogens (primary N) is 2. The highest BCUT2D eigenvalue weighted by Gasteiger charge is 2.28. The number of nitrogens with one attached hydrogen (secondary N) is 6. The maximum Gasteiger partial charge on any atom is 0.405 e. The number of benzene rings is 2. The van der Waals surface area contributed by atoms with Crippen LogP contribution in [0.25, 0.3) is 0 Å². The van der Waals surface area contributed by atoms with E-state index in [9.17, 15) is 38.7 Å². The molecule has 7 amide bonds. The molecule has 0 bridgehead atoms. The van der Waals surface area contributed by atoms with E-state index in [1.54, 1.807) is 30.3 Å². The van der Waals surface area contributed by atoms with Crippen LogP contribution >= 0.6 is 0 Å². The average molecular weight is 657 g/mol. The molecule has 47 heavy (non-hydrogen) atoms.